The second-order valence-corrected chi connectivity index (χ2v) is 5.99. The van der Waals surface area contributed by atoms with E-state index in [1.165, 1.54) is 17.4 Å². The third kappa shape index (κ3) is 2.99. The molecule has 0 radical (unpaired) electrons. The highest BCUT2D eigenvalue weighted by molar-refractivity contribution is 7.14. The lowest BCUT2D eigenvalue weighted by Crippen LogP contribution is -2.12. The number of hydrogen-bond acceptors (Lipinski definition) is 3. The molecule has 3 rings (SSSR count). The molecule has 2 N–H and O–H groups in total. The number of hydrogen-bond donors (Lipinski definition) is 2. The van der Waals surface area contributed by atoms with E-state index in [2.05, 4.69) is 15.3 Å². The number of nitrogens with zero attached hydrogens (tertiary/aromatic N) is 1. The lowest BCUT2D eigenvalue weighted by Gasteiger charge is -2.05. The van der Waals surface area contributed by atoms with Crippen molar-refractivity contribution in [3.63, 3.8) is 0 Å². The molecule has 0 saturated heterocycles. The first-order valence-corrected chi connectivity index (χ1v) is 7.73. The first kappa shape index (κ1) is 15.0. The number of aromatic amines is 1. The van der Waals surface area contributed by atoms with E-state index < -0.39 is 11.7 Å². The van der Waals surface area contributed by atoms with Gasteiger partial charge >= 0.3 is 0 Å². The van der Waals surface area contributed by atoms with Gasteiger partial charge in [-0.3, -0.25) is 10.1 Å². The number of aromatic nitrogens is 2. The summed E-state index contributed by atoms with van der Waals surface area (Å²) < 4.78 is 13.5. The SMILES string of the molecule is O=C(Nc1nc(-c2ccc[nH]2)cs1)c1cc(F)c(Cl)cc1Cl. The third-order valence-corrected chi connectivity index (χ3v) is 4.21. The largest absolute Gasteiger partial charge is 0.360 e. The average Bonchev–Trinajstić information content (AvgIpc) is 3.13. The van der Waals surface area contributed by atoms with Gasteiger partial charge in [-0.05, 0) is 24.3 Å². The lowest BCUT2D eigenvalue weighted by atomic mass is 10.2. The van der Waals surface area contributed by atoms with Crippen molar-refractivity contribution in [3.8, 4) is 11.4 Å². The van der Waals surface area contributed by atoms with Crippen LogP contribution in [0, 0.1) is 5.82 Å². The zero-order valence-electron chi connectivity index (χ0n) is 10.9. The standard InChI is InChI=1S/C14H8Cl2FN3OS/c15-8-5-9(16)10(17)4-7(8)13(21)20-14-19-12(6-22-14)11-2-1-3-18-11/h1-6,18H,(H,19,20,21). The van der Waals surface area contributed by atoms with Crippen molar-refractivity contribution < 1.29 is 9.18 Å². The summed E-state index contributed by atoms with van der Waals surface area (Å²) in [5.41, 5.74) is 1.55. The molecule has 0 spiro atoms. The van der Waals surface area contributed by atoms with E-state index in [9.17, 15) is 9.18 Å². The van der Waals surface area contributed by atoms with Gasteiger partial charge in [0.25, 0.3) is 5.91 Å². The van der Waals surface area contributed by atoms with Gasteiger partial charge < -0.3 is 4.98 Å². The van der Waals surface area contributed by atoms with Gasteiger partial charge in [0, 0.05) is 11.6 Å². The molecule has 0 saturated carbocycles. The van der Waals surface area contributed by atoms with Crippen LogP contribution in [-0.2, 0) is 0 Å². The van der Waals surface area contributed by atoms with Crippen molar-refractivity contribution in [2.75, 3.05) is 5.32 Å². The van der Waals surface area contributed by atoms with Gasteiger partial charge in [-0.25, -0.2) is 9.37 Å². The Hall–Kier alpha value is -1.89. The highest BCUT2D eigenvalue weighted by atomic mass is 35.5. The molecular formula is C14H8Cl2FN3OS. The number of benzene rings is 1. The lowest BCUT2D eigenvalue weighted by molar-refractivity contribution is 0.102. The highest BCUT2D eigenvalue weighted by Gasteiger charge is 2.16. The monoisotopic (exact) mass is 355 g/mol. The fourth-order valence-electron chi connectivity index (χ4n) is 1.81. The Morgan fingerprint density at radius 1 is 1.32 bits per heavy atom. The molecule has 0 atom stereocenters. The summed E-state index contributed by atoms with van der Waals surface area (Å²) in [6.45, 7) is 0. The van der Waals surface area contributed by atoms with Crippen molar-refractivity contribution in [2.24, 2.45) is 0 Å². The normalized spacial score (nSPS) is 10.7. The summed E-state index contributed by atoms with van der Waals surface area (Å²) in [4.78, 5) is 19.4. The molecule has 2 heterocycles. The van der Waals surface area contributed by atoms with Gasteiger partial charge in [-0.1, -0.05) is 23.2 Å². The van der Waals surface area contributed by atoms with Crippen molar-refractivity contribution in [3.05, 3.63) is 57.3 Å². The molecule has 4 nitrogen and oxygen atoms in total. The number of halogens is 3. The van der Waals surface area contributed by atoms with Crippen LogP contribution in [0.1, 0.15) is 10.4 Å². The molecule has 0 unspecified atom stereocenters. The van der Waals surface area contributed by atoms with E-state index in [1.807, 2.05) is 12.1 Å². The third-order valence-electron chi connectivity index (χ3n) is 2.85. The maximum absolute atomic E-state index is 13.5. The zero-order valence-corrected chi connectivity index (χ0v) is 13.2. The van der Waals surface area contributed by atoms with Gasteiger partial charge in [0.15, 0.2) is 5.13 Å². The van der Waals surface area contributed by atoms with E-state index in [-0.39, 0.29) is 15.6 Å². The Kier molecular flexibility index (Phi) is 4.15. The smallest absolute Gasteiger partial charge is 0.259 e. The average molecular weight is 356 g/mol. The summed E-state index contributed by atoms with van der Waals surface area (Å²) in [6.07, 6.45) is 1.78. The molecule has 0 bridgehead atoms. The number of thiazole rings is 1. The number of nitrogens with one attached hydrogen (secondary N) is 2. The Morgan fingerprint density at radius 3 is 2.86 bits per heavy atom. The molecule has 3 aromatic rings. The van der Waals surface area contributed by atoms with Crippen LogP contribution in [0.25, 0.3) is 11.4 Å². The summed E-state index contributed by atoms with van der Waals surface area (Å²) in [7, 11) is 0. The molecule has 0 aliphatic rings. The van der Waals surface area contributed by atoms with Crippen LogP contribution < -0.4 is 5.32 Å². The predicted octanol–water partition coefficient (Wildman–Crippen LogP) is 4.84. The second-order valence-electron chi connectivity index (χ2n) is 4.32. The minimum Gasteiger partial charge on any atom is -0.360 e. The van der Waals surface area contributed by atoms with Crippen molar-refractivity contribution in [1.82, 2.24) is 9.97 Å². The molecule has 0 aliphatic heterocycles. The van der Waals surface area contributed by atoms with Crippen LogP contribution in [-0.4, -0.2) is 15.9 Å². The molecule has 112 valence electrons. The first-order valence-electron chi connectivity index (χ1n) is 6.10. The van der Waals surface area contributed by atoms with Gasteiger partial charge in [-0.2, -0.15) is 0 Å². The topological polar surface area (TPSA) is 57.8 Å². The molecule has 22 heavy (non-hydrogen) atoms. The minimum atomic E-state index is -0.706. The fraction of sp³-hybridized carbons (Fsp3) is 0. The molecule has 1 aromatic carbocycles. The number of amides is 1. The second kappa shape index (κ2) is 6.08. The number of anilines is 1. The van der Waals surface area contributed by atoms with E-state index in [0.29, 0.717) is 10.8 Å². The Morgan fingerprint density at radius 2 is 2.14 bits per heavy atom. The van der Waals surface area contributed by atoms with Crippen LogP contribution in [0.4, 0.5) is 9.52 Å². The molecule has 0 aliphatic carbocycles. The highest BCUT2D eigenvalue weighted by Crippen LogP contribution is 2.27. The number of rotatable bonds is 3. The summed E-state index contributed by atoms with van der Waals surface area (Å²) in [5, 5.41) is 4.72. The molecule has 2 aromatic heterocycles. The summed E-state index contributed by atoms with van der Waals surface area (Å²) in [6, 6.07) is 5.91. The van der Waals surface area contributed by atoms with Crippen molar-refractivity contribution in [2.45, 2.75) is 0 Å². The van der Waals surface area contributed by atoms with Crippen LogP contribution in [0.15, 0.2) is 35.8 Å². The van der Waals surface area contributed by atoms with Crippen LogP contribution in [0.2, 0.25) is 10.0 Å². The minimum absolute atomic E-state index is 0.000176. The summed E-state index contributed by atoms with van der Waals surface area (Å²) in [5.74, 6) is -1.25. The fourth-order valence-corrected chi connectivity index (χ4v) is 2.98. The maximum Gasteiger partial charge on any atom is 0.259 e. The molecule has 1 amide bonds. The maximum atomic E-state index is 13.5. The van der Waals surface area contributed by atoms with Crippen LogP contribution in [0.5, 0.6) is 0 Å². The van der Waals surface area contributed by atoms with Gasteiger partial charge in [0.05, 0.1) is 27.0 Å². The Labute approximate surface area is 138 Å². The van der Waals surface area contributed by atoms with Gasteiger partial charge in [0.1, 0.15) is 5.82 Å². The molecule has 8 heteroatoms. The van der Waals surface area contributed by atoms with Crippen LogP contribution >= 0.6 is 34.5 Å². The van der Waals surface area contributed by atoms with Crippen molar-refractivity contribution >= 4 is 45.6 Å². The van der Waals surface area contributed by atoms with Gasteiger partial charge in [-0.15, -0.1) is 11.3 Å². The van der Waals surface area contributed by atoms with Crippen molar-refractivity contribution in [1.29, 1.82) is 0 Å². The molecular weight excluding hydrogens is 348 g/mol. The van der Waals surface area contributed by atoms with E-state index in [1.54, 1.807) is 11.6 Å². The summed E-state index contributed by atoms with van der Waals surface area (Å²) >= 11 is 12.8. The van der Waals surface area contributed by atoms with E-state index in [4.69, 9.17) is 23.2 Å². The predicted molar refractivity (Wildman–Crippen MR) is 86.3 cm³/mol. The number of carbonyl (C=O) groups excluding carboxylic acids is 1. The Balaban J connectivity index is 1.82. The number of carbonyl (C=O) groups is 1. The van der Waals surface area contributed by atoms with E-state index >= 15 is 0 Å². The first-order chi connectivity index (χ1) is 10.5. The number of H-pyrrole nitrogens is 1. The van der Waals surface area contributed by atoms with E-state index in [0.717, 1.165) is 11.8 Å². The van der Waals surface area contributed by atoms with Crippen LogP contribution in [0.3, 0.4) is 0 Å². The quantitative estimate of drug-likeness (QED) is 0.660. The zero-order chi connectivity index (χ0) is 15.7. The molecule has 0 fully saturated rings. The Bertz CT molecular complexity index is 833. The van der Waals surface area contributed by atoms with Gasteiger partial charge in [0.2, 0.25) is 0 Å².